The van der Waals surface area contributed by atoms with Crippen molar-refractivity contribution >= 4 is 24.3 Å². The van der Waals surface area contributed by atoms with Crippen LogP contribution in [-0.2, 0) is 5.75 Å². The van der Waals surface area contributed by atoms with Crippen LogP contribution in [0.5, 0.6) is 5.75 Å². The maximum absolute atomic E-state index is 9.21. The largest absolute Gasteiger partial charge is 0.497 e. The fraction of sp³-hybridized carbons (Fsp3) is 0.455. The number of hydrogen-bond donors (Lipinski definition) is 2. The molecular weight excluding hydrogens is 223 g/mol. The number of ether oxygens (including phenoxy) is 1. The molecule has 0 aliphatic carbocycles. The zero-order valence-corrected chi connectivity index (χ0v) is 10.6. The molecule has 0 atom stereocenters. The second kappa shape index (κ2) is 6.18. The van der Waals surface area contributed by atoms with E-state index in [1.165, 1.54) is 7.11 Å². The first-order valence-electron chi connectivity index (χ1n) is 5.19. The van der Waals surface area contributed by atoms with Gasteiger partial charge in [-0.05, 0) is 16.9 Å². The number of methoxy groups -OCH3 is 1. The molecule has 0 saturated heterocycles. The Morgan fingerprint density at radius 1 is 1.38 bits per heavy atom. The SMILES string of the molecule is COc1ccc(CSC(C)C)cc1B(O)O. The highest BCUT2D eigenvalue weighted by atomic mass is 32.2. The van der Waals surface area contributed by atoms with Crippen LogP contribution in [0, 0.1) is 0 Å². The lowest BCUT2D eigenvalue weighted by molar-refractivity contribution is 0.403. The Bertz CT molecular complexity index is 342. The van der Waals surface area contributed by atoms with E-state index in [4.69, 9.17) is 4.74 Å². The van der Waals surface area contributed by atoms with Crippen LogP contribution in [0.3, 0.4) is 0 Å². The minimum Gasteiger partial charge on any atom is -0.497 e. The Morgan fingerprint density at radius 2 is 2.06 bits per heavy atom. The molecule has 0 unspecified atom stereocenters. The molecule has 1 aromatic rings. The van der Waals surface area contributed by atoms with Gasteiger partial charge in [0.05, 0.1) is 7.11 Å². The first-order valence-corrected chi connectivity index (χ1v) is 6.24. The van der Waals surface area contributed by atoms with E-state index >= 15 is 0 Å². The summed E-state index contributed by atoms with van der Waals surface area (Å²) in [4.78, 5) is 0. The number of hydrogen-bond acceptors (Lipinski definition) is 4. The zero-order valence-electron chi connectivity index (χ0n) is 9.80. The molecule has 0 amide bonds. The van der Waals surface area contributed by atoms with Crippen molar-refractivity contribution in [3.05, 3.63) is 23.8 Å². The van der Waals surface area contributed by atoms with E-state index in [0.29, 0.717) is 16.5 Å². The maximum Gasteiger partial charge on any atom is 0.492 e. The highest BCUT2D eigenvalue weighted by Crippen LogP contribution is 2.18. The van der Waals surface area contributed by atoms with Crippen molar-refractivity contribution in [1.82, 2.24) is 0 Å². The van der Waals surface area contributed by atoms with E-state index in [2.05, 4.69) is 13.8 Å². The molecule has 1 aromatic carbocycles. The molecule has 0 aliphatic heterocycles. The van der Waals surface area contributed by atoms with E-state index in [1.807, 2.05) is 17.8 Å². The van der Waals surface area contributed by atoms with Gasteiger partial charge in [-0.2, -0.15) is 11.8 Å². The summed E-state index contributed by atoms with van der Waals surface area (Å²) in [6.07, 6.45) is 0. The van der Waals surface area contributed by atoms with Gasteiger partial charge in [0, 0.05) is 11.2 Å². The number of rotatable bonds is 5. The average Bonchev–Trinajstić information content (AvgIpc) is 2.25. The Morgan fingerprint density at radius 3 is 2.56 bits per heavy atom. The fourth-order valence-electron chi connectivity index (χ4n) is 1.34. The lowest BCUT2D eigenvalue weighted by Crippen LogP contribution is -2.31. The third-order valence-electron chi connectivity index (χ3n) is 2.16. The molecule has 0 radical (unpaired) electrons. The minimum absolute atomic E-state index is 0.421. The van der Waals surface area contributed by atoms with Gasteiger partial charge >= 0.3 is 7.12 Å². The summed E-state index contributed by atoms with van der Waals surface area (Å²) >= 11 is 1.81. The first kappa shape index (κ1) is 13.4. The van der Waals surface area contributed by atoms with Gasteiger partial charge in [-0.15, -0.1) is 0 Å². The van der Waals surface area contributed by atoms with E-state index in [-0.39, 0.29) is 0 Å². The average molecular weight is 240 g/mol. The van der Waals surface area contributed by atoms with E-state index in [0.717, 1.165) is 11.3 Å². The van der Waals surface area contributed by atoms with Gasteiger partial charge in [0.2, 0.25) is 0 Å². The molecule has 0 heterocycles. The maximum atomic E-state index is 9.21. The molecular formula is C11H17BO3S. The van der Waals surface area contributed by atoms with Gasteiger partial charge in [0.25, 0.3) is 0 Å². The Kier molecular flexibility index (Phi) is 5.18. The van der Waals surface area contributed by atoms with Crippen LogP contribution in [0.25, 0.3) is 0 Å². The monoisotopic (exact) mass is 240 g/mol. The molecule has 5 heteroatoms. The third kappa shape index (κ3) is 3.74. The van der Waals surface area contributed by atoms with Crippen LogP contribution in [-0.4, -0.2) is 29.5 Å². The molecule has 0 bridgehead atoms. The molecule has 0 saturated carbocycles. The van der Waals surface area contributed by atoms with Crippen molar-refractivity contribution in [3.8, 4) is 5.75 Å². The highest BCUT2D eigenvalue weighted by Gasteiger charge is 2.17. The summed E-state index contributed by atoms with van der Waals surface area (Å²) in [5, 5.41) is 19.0. The topological polar surface area (TPSA) is 49.7 Å². The van der Waals surface area contributed by atoms with Crippen LogP contribution in [0.2, 0.25) is 0 Å². The van der Waals surface area contributed by atoms with Gasteiger partial charge in [-0.25, -0.2) is 0 Å². The summed E-state index contributed by atoms with van der Waals surface area (Å²) in [5.41, 5.74) is 1.49. The Hall–Kier alpha value is -0.645. The first-order chi connectivity index (χ1) is 7.54. The predicted octanol–water partition coefficient (Wildman–Crippen LogP) is 1.02. The minimum atomic E-state index is -1.49. The van der Waals surface area contributed by atoms with Gasteiger partial charge in [-0.1, -0.05) is 26.0 Å². The summed E-state index contributed by atoms with van der Waals surface area (Å²) in [5.74, 6) is 1.37. The lowest BCUT2D eigenvalue weighted by Gasteiger charge is -2.10. The molecule has 2 N–H and O–H groups in total. The van der Waals surface area contributed by atoms with Crippen LogP contribution in [0.1, 0.15) is 19.4 Å². The second-order valence-electron chi connectivity index (χ2n) is 3.81. The van der Waals surface area contributed by atoms with Gasteiger partial charge in [-0.3, -0.25) is 0 Å². The molecule has 1 rings (SSSR count). The van der Waals surface area contributed by atoms with Crippen LogP contribution < -0.4 is 10.2 Å². The molecule has 0 aliphatic rings. The normalized spacial score (nSPS) is 10.6. The van der Waals surface area contributed by atoms with Crippen molar-refractivity contribution in [2.24, 2.45) is 0 Å². The molecule has 0 spiro atoms. The summed E-state index contributed by atoms with van der Waals surface area (Å²) in [6, 6.07) is 5.49. The highest BCUT2D eigenvalue weighted by molar-refractivity contribution is 7.99. The Balaban J connectivity index is 2.85. The smallest absolute Gasteiger partial charge is 0.492 e. The van der Waals surface area contributed by atoms with Crippen LogP contribution in [0.15, 0.2) is 18.2 Å². The van der Waals surface area contributed by atoms with Crippen molar-refractivity contribution in [3.63, 3.8) is 0 Å². The van der Waals surface area contributed by atoms with Crippen LogP contribution >= 0.6 is 11.8 Å². The van der Waals surface area contributed by atoms with Gasteiger partial charge in [0.1, 0.15) is 5.75 Å². The molecule has 3 nitrogen and oxygen atoms in total. The van der Waals surface area contributed by atoms with Crippen molar-refractivity contribution in [2.45, 2.75) is 24.9 Å². The summed E-state index contributed by atoms with van der Waals surface area (Å²) in [7, 11) is 0.0305. The van der Waals surface area contributed by atoms with Gasteiger partial charge in [0.15, 0.2) is 0 Å². The fourth-order valence-corrected chi connectivity index (χ4v) is 2.04. The quantitative estimate of drug-likeness (QED) is 0.754. The zero-order chi connectivity index (χ0) is 12.1. The molecule has 16 heavy (non-hydrogen) atoms. The molecule has 0 fully saturated rings. The van der Waals surface area contributed by atoms with E-state index in [1.54, 1.807) is 12.1 Å². The Labute approximate surface area is 101 Å². The number of thioether (sulfide) groups is 1. The third-order valence-corrected chi connectivity index (χ3v) is 3.32. The molecule has 88 valence electrons. The molecule has 0 aromatic heterocycles. The summed E-state index contributed by atoms with van der Waals surface area (Å²) < 4.78 is 5.06. The second-order valence-corrected chi connectivity index (χ2v) is 5.37. The van der Waals surface area contributed by atoms with Gasteiger partial charge < -0.3 is 14.8 Å². The predicted molar refractivity (Wildman–Crippen MR) is 69.3 cm³/mol. The number of benzene rings is 1. The van der Waals surface area contributed by atoms with Crippen molar-refractivity contribution in [2.75, 3.05) is 7.11 Å². The lowest BCUT2D eigenvalue weighted by atomic mass is 9.79. The van der Waals surface area contributed by atoms with Crippen molar-refractivity contribution in [1.29, 1.82) is 0 Å². The van der Waals surface area contributed by atoms with E-state index in [9.17, 15) is 10.0 Å². The van der Waals surface area contributed by atoms with Crippen LogP contribution in [0.4, 0.5) is 0 Å². The van der Waals surface area contributed by atoms with E-state index < -0.39 is 7.12 Å². The summed E-state index contributed by atoms with van der Waals surface area (Å²) in [6.45, 7) is 4.27. The van der Waals surface area contributed by atoms with Crippen molar-refractivity contribution < 1.29 is 14.8 Å². The standard InChI is InChI=1S/C11H17BO3S/c1-8(2)16-7-9-4-5-11(15-3)10(6-9)12(13)14/h4-6,8,13-14H,7H2,1-3H3.